The maximum Gasteiger partial charge on any atom is 0.338 e. The van der Waals surface area contributed by atoms with Gasteiger partial charge in [0.1, 0.15) is 6.10 Å². The number of hydrogen-bond acceptors (Lipinski definition) is 4. The van der Waals surface area contributed by atoms with Gasteiger partial charge in [-0.3, -0.25) is 0 Å². The predicted octanol–water partition coefficient (Wildman–Crippen LogP) is 3.71. The fourth-order valence-corrected chi connectivity index (χ4v) is 2.12. The van der Waals surface area contributed by atoms with Gasteiger partial charge >= 0.3 is 5.97 Å². The highest BCUT2D eigenvalue weighted by Crippen LogP contribution is 2.28. The van der Waals surface area contributed by atoms with Crippen LogP contribution in [0.2, 0.25) is 0 Å². The van der Waals surface area contributed by atoms with E-state index >= 15 is 0 Å². The number of carbonyl (C=O) groups excluding carboxylic acids is 1. The Bertz CT molecular complexity index is 440. The molecule has 0 aromatic rings. The van der Waals surface area contributed by atoms with Gasteiger partial charge in [0, 0.05) is 5.03 Å². The summed E-state index contributed by atoms with van der Waals surface area (Å²) in [6.45, 7) is 7.69. The Hall–Kier alpha value is -1.10. The van der Waals surface area contributed by atoms with Crippen molar-refractivity contribution in [1.29, 1.82) is 0 Å². The number of allylic oxidation sites excluding steroid dienone is 5. The van der Waals surface area contributed by atoms with E-state index in [0.717, 1.165) is 12.0 Å². The van der Waals surface area contributed by atoms with Crippen LogP contribution >= 0.6 is 11.6 Å². The van der Waals surface area contributed by atoms with E-state index in [1.54, 1.807) is 19.9 Å². The Balaban J connectivity index is 2.86. The summed E-state index contributed by atoms with van der Waals surface area (Å²) in [6, 6.07) is 0. The Morgan fingerprint density at radius 3 is 2.52 bits per heavy atom. The highest BCUT2D eigenvalue weighted by Gasteiger charge is 2.41. The topological polar surface area (TPSA) is 44.8 Å². The van der Waals surface area contributed by atoms with E-state index in [2.05, 4.69) is 6.92 Å². The molecule has 1 rings (SSSR count). The molecule has 1 saturated heterocycles. The largest absolute Gasteiger partial charge is 0.464 e. The summed E-state index contributed by atoms with van der Waals surface area (Å²) < 4.78 is 16.1. The van der Waals surface area contributed by atoms with Crippen molar-refractivity contribution in [3.8, 4) is 0 Å². The Labute approximate surface area is 131 Å². The molecule has 0 saturated carbocycles. The van der Waals surface area contributed by atoms with Gasteiger partial charge < -0.3 is 14.2 Å². The first-order chi connectivity index (χ1) is 10.0. The maximum absolute atomic E-state index is 11.9. The van der Waals surface area contributed by atoms with Gasteiger partial charge in [0.05, 0.1) is 6.61 Å². The van der Waals surface area contributed by atoms with Crippen LogP contribution in [0.4, 0.5) is 0 Å². The Morgan fingerprint density at radius 2 is 1.90 bits per heavy atom. The molecule has 0 aliphatic carbocycles. The third kappa shape index (κ3) is 5.30. The first-order valence-corrected chi connectivity index (χ1v) is 7.56. The monoisotopic (exact) mass is 314 g/mol. The average Bonchev–Trinajstić information content (AvgIpc) is 2.85. The van der Waals surface area contributed by atoms with Crippen molar-refractivity contribution in [1.82, 2.24) is 0 Å². The minimum atomic E-state index is -0.770. The van der Waals surface area contributed by atoms with Crippen LogP contribution in [0.5, 0.6) is 0 Å². The van der Waals surface area contributed by atoms with E-state index < -0.39 is 24.5 Å². The van der Waals surface area contributed by atoms with Crippen molar-refractivity contribution in [3.63, 3.8) is 0 Å². The molecule has 1 aliphatic heterocycles. The number of esters is 1. The Morgan fingerprint density at radius 1 is 1.24 bits per heavy atom. The molecule has 0 bridgehead atoms. The van der Waals surface area contributed by atoms with Gasteiger partial charge in [0.2, 0.25) is 0 Å². The minimum Gasteiger partial charge on any atom is -0.464 e. The third-order valence-electron chi connectivity index (χ3n) is 3.00. The number of hydrogen-bond donors (Lipinski definition) is 0. The fraction of sp³-hybridized carbons (Fsp3) is 0.562. The van der Waals surface area contributed by atoms with Crippen molar-refractivity contribution in [3.05, 3.63) is 34.9 Å². The van der Waals surface area contributed by atoms with E-state index in [4.69, 9.17) is 25.8 Å². The fourth-order valence-electron chi connectivity index (χ4n) is 1.94. The predicted molar refractivity (Wildman–Crippen MR) is 83.0 cm³/mol. The molecule has 3 atom stereocenters. The van der Waals surface area contributed by atoms with Crippen LogP contribution in [0.25, 0.3) is 0 Å². The molecular weight excluding hydrogens is 292 g/mol. The minimum absolute atomic E-state index is 0.304. The lowest BCUT2D eigenvalue weighted by molar-refractivity contribution is -0.156. The van der Waals surface area contributed by atoms with Gasteiger partial charge in [-0.15, -0.1) is 0 Å². The number of ether oxygens (including phenoxy) is 3. The standard InChI is InChI=1S/C16H23ClO4/c1-5-7-8-9-10-13(17)11(3)14-15(16(18)19-6-2)21-12(4)20-14/h7-10,12,14-15H,5-6H2,1-4H3/b8-7+,10-9-,13-11-. The van der Waals surface area contributed by atoms with Crippen LogP contribution in [-0.2, 0) is 19.0 Å². The first kappa shape index (κ1) is 18.0. The van der Waals surface area contributed by atoms with Crippen LogP contribution in [0.1, 0.15) is 34.1 Å². The molecule has 1 fully saturated rings. The lowest BCUT2D eigenvalue weighted by Crippen LogP contribution is -2.34. The van der Waals surface area contributed by atoms with Crippen LogP contribution in [0.3, 0.4) is 0 Å². The quantitative estimate of drug-likeness (QED) is 0.554. The van der Waals surface area contributed by atoms with Gasteiger partial charge in [0.15, 0.2) is 12.4 Å². The second-order valence-electron chi connectivity index (χ2n) is 4.66. The maximum atomic E-state index is 11.9. The highest BCUT2D eigenvalue weighted by molar-refractivity contribution is 6.31. The summed E-state index contributed by atoms with van der Waals surface area (Å²) in [5.41, 5.74) is 0.750. The van der Waals surface area contributed by atoms with E-state index in [-0.39, 0.29) is 0 Å². The Kier molecular flexibility index (Phi) is 7.72. The molecule has 0 amide bonds. The number of carbonyl (C=O) groups is 1. The van der Waals surface area contributed by atoms with Crippen LogP contribution in [0.15, 0.2) is 34.9 Å². The van der Waals surface area contributed by atoms with Crippen molar-refractivity contribution < 1.29 is 19.0 Å². The van der Waals surface area contributed by atoms with Gasteiger partial charge in [-0.2, -0.15) is 0 Å². The zero-order chi connectivity index (χ0) is 15.8. The van der Waals surface area contributed by atoms with Crippen LogP contribution < -0.4 is 0 Å². The molecule has 0 radical (unpaired) electrons. The van der Waals surface area contributed by atoms with E-state index in [1.807, 2.05) is 25.2 Å². The molecule has 0 aromatic heterocycles. The van der Waals surface area contributed by atoms with E-state index in [9.17, 15) is 4.79 Å². The lowest BCUT2D eigenvalue weighted by atomic mass is 10.1. The molecular formula is C16H23ClO4. The normalized spacial score (nSPS) is 27.4. The second-order valence-corrected chi connectivity index (χ2v) is 5.07. The third-order valence-corrected chi connectivity index (χ3v) is 3.42. The van der Waals surface area contributed by atoms with Crippen LogP contribution in [0, 0.1) is 0 Å². The molecule has 1 aliphatic rings. The summed E-state index contributed by atoms with van der Waals surface area (Å²) in [5.74, 6) is -0.425. The van der Waals surface area contributed by atoms with Gasteiger partial charge in [-0.1, -0.05) is 36.8 Å². The molecule has 0 N–H and O–H groups in total. The van der Waals surface area contributed by atoms with Crippen molar-refractivity contribution in [2.45, 2.75) is 52.6 Å². The van der Waals surface area contributed by atoms with Gasteiger partial charge in [-0.25, -0.2) is 4.79 Å². The summed E-state index contributed by atoms with van der Waals surface area (Å²) in [5, 5.41) is 0.535. The van der Waals surface area contributed by atoms with Crippen LogP contribution in [-0.4, -0.2) is 31.1 Å². The number of rotatable bonds is 6. The molecule has 5 heteroatoms. The molecule has 21 heavy (non-hydrogen) atoms. The molecule has 118 valence electrons. The molecule has 0 aromatic carbocycles. The zero-order valence-electron chi connectivity index (χ0n) is 13.0. The molecule has 4 nitrogen and oxygen atoms in total. The zero-order valence-corrected chi connectivity index (χ0v) is 13.7. The second kappa shape index (κ2) is 9.03. The lowest BCUT2D eigenvalue weighted by Gasteiger charge is -2.16. The van der Waals surface area contributed by atoms with Crippen molar-refractivity contribution in [2.75, 3.05) is 6.61 Å². The smallest absolute Gasteiger partial charge is 0.338 e. The van der Waals surface area contributed by atoms with Gasteiger partial charge in [-0.05, 0) is 38.8 Å². The molecule has 3 unspecified atom stereocenters. The summed E-state index contributed by atoms with van der Waals surface area (Å²) in [4.78, 5) is 11.9. The van der Waals surface area contributed by atoms with E-state index in [0.29, 0.717) is 11.6 Å². The summed E-state index contributed by atoms with van der Waals surface area (Å²) >= 11 is 6.26. The van der Waals surface area contributed by atoms with Crippen molar-refractivity contribution in [2.24, 2.45) is 0 Å². The molecule has 1 heterocycles. The summed E-state index contributed by atoms with van der Waals surface area (Å²) in [7, 11) is 0. The number of halogens is 1. The first-order valence-electron chi connectivity index (χ1n) is 7.18. The SMILES string of the molecule is CC/C=C/C=C\C(Cl)=C(/C)C1OC(C)OC1C(=O)OCC. The van der Waals surface area contributed by atoms with Gasteiger partial charge in [0.25, 0.3) is 0 Å². The highest BCUT2D eigenvalue weighted by atomic mass is 35.5. The van der Waals surface area contributed by atoms with Crippen molar-refractivity contribution >= 4 is 17.6 Å². The van der Waals surface area contributed by atoms with E-state index in [1.165, 1.54) is 0 Å². The summed E-state index contributed by atoms with van der Waals surface area (Å²) in [6.07, 6.45) is 6.78. The molecule has 0 spiro atoms. The average molecular weight is 315 g/mol.